The molecule has 28 heavy (non-hydrogen) atoms. The van der Waals surface area contributed by atoms with E-state index in [4.69, 9.17) is 0 Å². The number of benzene rings is 1. The second-order valence-corrected chi connectivity index (χ2v) is 10.2. The van der Waals surface area contributed by atoms with Gasteiger partial charge in [0.1, 0.15) is 0 Å². The molecule has 1 aliphatic heterocycles. The molecule has 1 saturated heterocycles. The molecule has 1 nitrogen and oxygen atoms in total. The van der Waals surface area contributed by atoms with Crippen LogP contribution in [-0.2, 0) is 5.41 Å². The SMILES string of the molecule is CC.CC.Cc1cccc2c1[C@]1(C(C)(C)C)C(C)C(C)N(C)[C@H](C2C)C1(C)C. The van der Waals surface area contributed by atoms with Gasteiger partial charge in [-0.25, -0.2) is 0 Å². The van der Waals surface area contributed by atoms with Crippen molar-refractivity contribution in [2.75, 3.05) is 7.05 Å². The van der Waals surface area contributed by atoms with Gasteiger partial charge in [0, 0.05) is 17.5 Å². The maximum Gasteiger partial charge on any atom is 0.0221 e. The van der Waals surface area contributed by atoms with Crippen molar-refractivity contribution in [1.29, 1.82) is 0 Å². The van der Waals surface area contributed by atoms with Crippen LogP contribution in [0.1, 0.15) is 106 Å². The van der Waals surface area contributed by atoms with Crippen LogP contribution >= 0.6 is 0 Å². The van der Waals surface area contributed by atoms with E-state index in [2.05, 4.69) is 92.5 Å². The van der Waals surface area contributed by atoms with Gasteiger partial charge in [-0.2, -0.15) is 0 Å². The molecule has 2 aliphatic rings. The van der Waals surface area contributed by atoms with Gasteiger partial charge in [-0.1, -0.05) is 94.4 Å². The van der Waals surface area contributed by atoms with E-state index in [9.17, 15) is 0 Å². The minimum Gasteiger partial charge on any atom is -0.299 e. The third-order valence-corrected chi connectivity index (χ3v) is 8.09. The van der Waals surface area contributed by atoms with E-state index < -0.39 is 0 Å². The molecule has 1 aromatic carbocycles. The van der Waals surface area contributed by atoms with Crippen LogP contribution in [0.5, 0.6) is 0 Å². The summed E-state index contributed by atoms with van der Waals surface area (Å²) in [4.78, 5) is 2.69. The maximum absolute atomic E-state index is 2.69. The first kappa shape index (κ1) is 25.2. The number of aryl methyl sites for hydroxylation is 1. The first-order valence-corrected chi connectivity index (χ1v) is 11.7. The summed E-state index contributed by atoms with van der Waals surface area (Å²) in [5.74, 6) is 1.19. The molecule has 3 rings (SSSR count). The highest BCUT2D eigenvalue weighted by Crippen LogP contribution is 2.69. The predicted octanol–water partition coefficient (Wildman–Crippen LogP) is 7.81. The molecule has 1 fully saturated rings. The molecular formula is C27H49N. The summed E-state index contributed by atoms with van der Waals surface area (Å²) in [5, 5.41) is 0. The summed E-state index contributed by atoms with van der Waals surface area (Å²) in [5.41, 5.74) is 5.38. The van der Waals surface area contributed by atoms with Crippen molar-refractivity contribution in [3.63, 3.8) is 0 Å². The minimum absolute atomic E-state index is 0.184. The Morgan fingerprint density at radius 3 is 1.89 bits per heavy atom. The summed E-state index contributed by atoms with van der Waals surface area (Å²) >= 11 is 0. The Kier molecular flexibility index (Phi) is 7.66. The molecule has 162 valence electrons. The number of piperidine rings is 1. The van der Waals surface area contributed by atoms with Crippen molar-refractivity contribution in [1.82, 2.24) is 4.90 Å². The zero-order valence-electron chi connectivity index (χ0n) is 21.5. The van der Waals surface area contributed by atoms with Gasteiger partial charge in [0.25, 0.3) is 0 Å². The Hall–Kier alpha value is -0.820. The molecule has 0 amide bonds. The van der Waals surface area contributed by atoms with Crippen LogP contribution in [0.3, 0.4) is 0 Å². The van der Waals surface area contributed by atoms with E-state index in [-0.39, 0.29) is 16.2 Å². The molecule has 0 radical (unpaired) electrons. The highest BCUT2D eigenvalue weighted by atomic mass is 15.2. The predicted molar refractivity (Wildman–Crippen MR) is 127 cm³/mol. The highest BCUT2D eigenvalue weighted by Gasteiger charge is 2.68. The lowest BCUT2D eigenvalue weighted by atomic mass is 9.37. The molecule has 0 aromatic heterocycles. The normalized spacial score (nSPS) is 33.6. The number of hydrogen-bond acceptors (Lipinski definition) is 1. The molecular weight excluding hydrogens is 338 g/mol. The largest absolute Gasteiger partial charge is 0.299 e. The second-order valence-electron chi connectivity index (χ2n) is 10.2. The monoisotopic (exact) mass is 387 g/mol. The zero-order chi connectivity index (χ0) is 22.2. The number of rotatable bonds is 0. The van der Waals surface area contributed by atoms with E-state index >= 15 is 0 Å². The van der Waals surface area contributed by atoms with Gasteiger partial charge >= 0.3 is 0 Å². The van der Waals surface area contributed by atoms with Crippen molar-refractivity contribution in [2.45, 2.75) is 113 Å². The summed E-state index contributed by atoms with van der Waals surface area (Å²) in [7, 11) is 2.36. The van der Waals surface area contributed by atoms with Crippen molar-refractivity contribution in [2.24, 2.45) is 16.7 Å². The summed E-state index contributed by atoms with van der Waals surface area (Å²) in [6.07, 6.45) is 0. The smallest absolute Gasteiger partial charge is 0.0221 e. The van der Waals surface area contributed by atoms with Crippen molar-refractivity contribution in [3.8, 4) is 0 Å². The number of likely N-dealkylation sites (tertiary alicyclic amines) is 1. The number of likely N-dealkylation sites (N-methyl/N-ethyl adjacent to an activating group) is 1. The van der Waals surface area contributed by atoms with E-state index in [1.807, 2.05) is 27.7 Å². The van der Waals surface area contributed by atoms with Gasteiger partial charge in [-0.15, -0.1) is 0 Å². The maximum atomic E-state index is 2.69. The van der Waals surface area contributed by atoms with Gasteiger partial charge in [0.05, 0.1) is 0 Å². The first-order valence-electron chi connectivity index (χ1n) is 11.7. The van der Waals surface area contributed by atoms with E-state index in [1.54, 1.807) is 11.1 Å². The third-order valence-electron chi connectivity index (χ3n) is 8.09. The van der Waals surface area contributed by atoms with Crippen LogP contribution in [0.2, 0.25) is 0 Å². The van der Waals surface area contributed by atoms with E-state index in [0.29, 0.717) is 23.9 Å². The lowest BCUT2D eigenvalue weighted by molar-refractivity contribution is -0.153. The third kappa shape index (κ3) is 3.08. The molecule has 1 heteroatoms. The van der Waals surface area contributed by atoms with E-state index in [1.165, 1.54) is 5.56 Å². The fraction of sp³-hybridized carbons (Fsp3) is 0.778. The van der Waals surface area contributed by atoms with Crippen LogP contribution in [0.15, 0.2) is 18.2 Å². The van der Waals surface area contributed by atoms with Crippen molar-refractivity contribution in [3.05, 3.63) is 34.9 Å². The fourth-order valence-electron chi connectivity index (χ4n) is 7.63. The van der Waals surface area contributed by atoms with Gasteiger partial charge in [-0.3, -0.25) is 4.90 Å². The zero-order valence-corrected chi connectivity index (χ0v) is 21.5. The standard InChI is InChI=1S/C23H37N.2C2H6/c1-14-12-11-13-18-15(2)20-22(8,9)23(19(14)18,21(5,6)7)16(3)17(4)24(20)10;2*1-2/h11-13,15-17,20H,1-10H3;2*1-2H3/t15?,16?,17?,20-,23+;;/m1../s1. The molecule has 1 aromatic rings. The quantitative estimate of drug-likeness (QED) is 0.438. The van der Waals surface area contributed by atoms with Crippen LogP contribution in [0.25, 0.3) is 0 Å². The number of hydrogen-bond donors (Lipinski definition) is 0. The highest BCUT2D eigenvalue weighted by molar-refractivity contribution is 5.51. The van der Waals surface area contributed by atoms with Crippen LogP contribution in [0, 0.1) is 23.7 Å². The Morgan fingerprint density at radius 2 is 1.43 bits per heavy atom. The molecule has 2 bridgehead atoms. The fourth-order valence-corrected chi connectivity index (χ4v) is 7.63. The average molecular weight is 388 g/mol. The van der Waals surface area contributed by atoms with Crippen LogP contribution in [0.4, 0.5) is 0 Å². The molecule has 5 atom stereocenters. The lowest BCUT2D eigenvalue weighted by Gasteiger charge is -2.72. The Morgan fingerprint density at radius 1 is 0.929 bits per heavy atom. The number of fused-ring (bicyclic) bond motifs is 4. The van der Waals surface area contributed by atoms with Gasteiger partial charge in [-0.05, 0) is 60.3 Å². The van der Waals surface area contributed by atoms with Crippen LogP contribution in [-0.4, -0.2) is 24.0 Å². The molecule has 0 spiro atoms. The molecule has 0 saturated carbocycles. The first-order chi connectivity index (χ1) is 12.9. The average Bonchev–Trinajstić information content (AvgIpc) is 2.62. The second kappa shape index (κ2) is 8.50. The Bertz CT molecular complexity index is 651. The van der Waals surface area contributed by atoms with Gasteiger partial charge < -0.3 is 0 Å². The molecule has 3 unspecified atom stereocenters. The van der Waals surface area contributed by atoms with Crippen molar-refractivity contribution < 1.29 is 0 Å². The summed E-state index contributed by atoms with van der Waals surface area (Å²) in [6, 6.07) is 8.19. The van der Waals surface area contributed by atoms with Gasteiger partial charge in [0.2, 0.25) is 0 Å². The van der Waals surface area contributed by atoms with Crippen LogP contribution < -0.4 is 0 Å². The summed E-state index contributed by atoms with van der Waals surface area (Å²) < 4.78 is 0. The molecule has 1 heterocycles. The number of nitrogens with zero attached hydrogens (tertiary/aromatic N) is 1. The summed E-state index contributed by atoms with van der Waals surface area (Å²) in [6.45, 7) is 30.3. The lowest BCUT2D eigenvalue weighted by Crippen LogP contribution is -2.74. The molecule has 1 aliphatic carbocycles. The Labute approximate surface area is 177 Å². The Balaban J connectivity index is 0.000000921. The van der Waals surface area contributed by atoms with E-state index in [0.717, 1.165) is 0 Å². The minimum atomic E-state index is 0.184. The molecule has 0 N–H and O–H groups in total. The topological polar surface area (TPSA) is 3.24 Å². The van der Waals surface area contributed by atoms with Crippen molar-refractivity contribution >= 4 is 0 Å². The van der Waals surface area contributed by atoms with Gasteiger partial charge in [0.15, 0.2) is 0 Å².